The lowest BCUT2D eigenvalue weighted by Crippen LogP contribution is -2.37. The Bertz CT molecular complexity index is 543. The SMILES string of the molecule is CCC(CC)COC(=O)[C@H](C)N[P@@](=O)(Oc1ccccc1)C(C)C. The molecule has 24 heavy (non-hydrogen) atoms. The molecule has 5 nitrogen and oxygen atoms in total. The number of carbonyl (C=O) groups is 1. The third-order valence-corrected chi connectivity index (χ3v) is 6.60. The minimum absolute atomic E-state index is 0.271. The number of nitrogens with one attached hydrogen (secondary N) is 1. The zero-order valence-electron chi connectivity index (χ0n) is 15.3. The van der Waals surface area contributed by atoms with Crippen LogP contribution in [0.25, 0.3) is 0 Å². The normalized spacial score (nSPS) is 15.1. The molecule has 0 saturated carbocycles. The van der Waals surface area contributed by atoms with E-state index in [0.29, 0.717) is 18.3 Å². The Kier molecular flexibility index (Phi) is 8.51. The van der Waals surface area contributed by atoms with Gasteiger partial charge >= 0.3 is 13.5 Å². The van der Waals surface area contributed by atoms with Crippen LogP contribution in [0.1, 0.15) is 47.5 Å². The number of hydrogen-bond acceptors (Lipinski definition) is 4. The molecule has 2 atom stereocenters. The van der Waals surface area contributed by atoms with Crippen molar-refractivity contribution in [3.63, 3.8) is 0 Å². The molecule has 0 fully saturated rings. The first kappa shape index (κ1) is 20.7. The van der Waals surface area contributed by atoms with Crippen molar-refractivity contribution in [3.05, 3.63) is 30.3 Å². The number of rotatable bonds is 10. The average molecular weight is 355 g/mol. The van der Waals surface area contributed by atoms with Crippen molar-refractivity contribution in [1.29, 1.82) is 0 Å². The Morgan fingerprint density at radius 3 is 2.21 bits per heavy atom. The largest absolute Gasteiger partial charge is 0.464 e. The van der Waals surface area contributed by atoms with E-state index in [-0.39, 0.29) is 5.66 Å². The first-order valence-electron chi connectivity index (χ1n) is 8.61. The summed E-state index contributed by atoms with van der Waals surface area (Å²) >= 11 is 0. The highest BCUT2D eigenvalue weighted by molar-refractivity contribution is 7.58. The molecule has 0 heterocycles. The lowest BCUT2D eigenvalue weighted by Gasteiger charge is -2.26. The summed E-state index contributed by atoms with van der Waals surface area (Å²) in [6.45, 7) is 9.80. The van der Waals surface area contributed by atoms with Gasteiger partial charge in [0.05, 0.1) is 12.3 Å². The molecule has 0 aliphatic carbocycles. The lowest BCUT2D eigenvalue weighted by molar-refractivity contribution is -0.146. The summed E-state index contributed by atoms with van der Waals surface area (Å²) in [7, 11) is -3.24. The molecule has 1 aromatic carbocycles. The maximum Gasteiger partial charge on any atom is 0.323 e. The molecule has 1 N–H and O–H groups in total. The highest BCUT2D eigenvalue weighted by atomic mass is 31.2. The van der Waals surface area contributed by atoms with Crippen LogP contribution in [0.2, 0.25) is 0 Å². The molecular formula is C18H30NO4P. The van der Waals surface area contributed by atoms with Crippen LogP contribution in [-0.2, 0) is 14.1 Å². The fourth-order valence-corrected chi connectivity index (χ4v) is 3.73. The Labute approximate surface area is 145 Å². The quantitative estimate of drug-likeness (QED) is 0.490. The summed E-state index contributed by atoms with van der Waals surface area (Å²) < 4.78 is 24.1. The highest BCUT2D eigenvalue weighted by Gasteiger charge is 2.33. The first-order chi connectivity index (χ1) is 11.3. The van der Waals surface area contributed by atoms with E-state index in [1.165, 1.54) is 0 Å². The van der Waals surface area contributed by atoms with Gasteiger partial charge in [-0.1, -0.05) is 58.7 Å². The number of para-hydroxylation sites is 1. The fraction of sp³-hybridized carbons (Fsp3) is 0.611. The minimum Gasteiger partial charge on any atom is -0.464 e. The number of hydrogen-bond donors (Lipinski definition) is 1. The predicted octanol–water partition coefficient (Wildman–Crippen LogP) is 4.62. The molecule has 1 aromatic rings. The van der Waals surface area contributed by atoms with Gasteiger partial charge in [-0.15, -0.1) is 0 Å². The number of benzene rings is 1. The van der Waals surface area contributed by atoms with E-state index in [1.807, 2.05) is 18.2 Å². The summed E-state index contributed by atoms with van der Waals surface area (Å²) in [6, 6.07) is 8.27. The smallest absolute Gasteiger partial charge is 0.323 e. The van der Waals surface area contributed by atoms with Crippen LogP contribution in [0.4, 0.5) is 0 Å². The van der Waals surface area contributed by atoms with Crippen LogP contribution in [0.5, 0.6) is 5.75 Å². The molecule has 0 aliphatic rings. The van der Waals surface area contributed by atoms with Gasteiger partial charge < -0.3 is 9.26 Å². The van der Waals surface area contributed by atoms with E-state index in [9.17, 15) is 9.36 Å². The van der Waals surface area contributed by atoms with Crippen molar-refractivity contribution in [1.82, 2.24) is 5.09 Å². The van der Waals surface area contributed by atoms with Crippen molar-refractivity contribution in [2.45, 2.75) is 59.2 Å². The van der Waals surface area contributed by atoms with Crippen LogP contribution in [0, 0.1) is 5.92 Å². The van der Waals surface area contributed by atoms with Gasteiger partial charge in [0.1, 0.15) is 11.8 Å². The Morgan fingerprint density at radius 2 is 1.71 bits per heavy atom. The molecule has 0 aliphatic heterocycles. The summed E-state index contributed by atoms with van der Waals surface area (Å²) in [5.74, 6) is 0.470. The fourth-order valence-electron chi connectivity index (χ4n) is 2.09. The second-order valence-electron chi connectivity index (χ2n) is 6.26. The van der Waals surface area contributed by atoms with Crippen molar-refractivity contribution >= 4 is 13.5 Å². The van der Waals surface area contributed by atoms with Crippen molar-refractivity contribution < 1.29 is 18.6 Å². The zero-order valence-corrected chi connectivity index (χ0v) is 16.2. The zero-order chi connectivity index (χ0) is 18.2. The molecule has 0 amide bonds. The monoisotopic (exact) mass is 355 g/mol. The summed E-state index contributed by atoms with van der Waals surface area (Å²) in [5.41, 5.74) is -0.271. The predicted molar refractivity (Wildman–Crippen MR) is 97.4 cm³/mol. The number of carbonyl (C=O) groups excluding carboxylic acids is 1. The van der Waals surface area contributed by atoms with E-state index in [0.717, 1.165) is 12.8 Å². The van der Waals surface area contributed by atoms with Gasteiger partial charge in [-0.25, -0.2) is 5.09 Å². The second kappa shape index (κ2) is 9.85. The van der Waals surface area contributed by atoms with E-state index in [1.54, 1.807) is 32.9 Å². The standard InChI is InChI=1S/C18H30NO4P/c1-6-16(7-2)13-22-18(20)15(5)19-24(21,14(3)4)23-17-11-9-8-10-12-17/h8-12,14-16H,6-7,13H2,1-5H3,(H,19,21)/t15-,24-/m0/s1. The average Bonchev–Trinajstić information content (AvgIpc) is 2.56. The topological polar surface area (TPSA) is 64.6 Å². The Balaban J connectivity index is 2.70. The molecule has 6 heteroatoms. The van der Waals surface area contributed by atoms with Gasteiger partial charge in [-0.3, -0.25) is 9.36 Å². The van der Waals surface area contributed by atoms with E-state index in [2.05, 4.69) is 18.9 Å². The number of esters is 1. The van der Waals surface area contributed by atoms with Crippen LogP contribution >= 0.6 is 7.52 Å². The Hall–Kier alpha value is -1.32. The van der Waals surface area contributed by atoms with Crippen LogP contribution < -0.4 is 9.61 Å². The van der Waals surface area contributed by atoms with E-state index >= 15 is 0 Å². The van der Waals surface area contributed by atoms with Gasteiger partial charge in [-0.05, 0) is 25.0 Å². The van der Waals surface area contributed by atoms with Crippen molar-refractivity contribution in [2.24, 2.45) is 5.92 Å². The maximum absolute atomic E-state index is 13.1. The van der Waals surface area contributed by atoms with E-state index < -0.39 is 19.5 Å². The molecule has 0 unspecified atom stereocenters. The molecule has 136 valence electrons. The molecule has 0 aromatic heterocycles. The minimum atomic E-state index is -3.24. The highest BCUT2D eigenvalue weighted by Crippen LogP contribution is 2.48. The van der Waals surface area contributed by atoms with Gasteiger partial charge in [0.2, 0.25) is 0 Å². The molecule has 0 radical (unpaired) electrons. The molecule has 0 spiro atoms. The van der Waals surface area contributed by atoms with Crippen LogP contribution in [-0.4, -0.2) is 24.3 Å². The third-order valence-electron chi connectivity index (χ3n) is 4.01. The van der Waals surface area contributed by atoms with Crippen LogP contribution in [0.3, 0.4) is 0 Å². The number of ether oxygens (including phenoxy) is 1. The summed E-state index contributed by atoms with van der Waals surface area (Å²) in [4.78, 5) is 12.2. The van der Waals surface area contributed by atoms with Gasteiger partial charge in [0, 0.05) is 0 Å². The van der Waals surface area contributed by atoms with E-state index in [4.69, 9.17) is 9.26 Å². The Morgan fingerprint density at radius 1 is 1.12 bits per heavy atom. The van der Waals surface area contributed by atoms with Gasteiger partial charge in [0.25, 0.3) is 0 Å². The first-order valence-corrected chi connectivity index (χ1v) is 10.3. The molecular weight excluding hydrogens is 325 g/mol. The van der Waals surface area contributed by atoms with Crippen molar-refractivity contribution in [2.75, 3.05) is 6.61 Å². The molecule has 0 saturated heterocycles. The van der Waals surface area contributed by atoms with Gasteiger partial charge in [0.15, 0.2) is 0 Å². The second-order valence-corrected chi connectivity index (χ2v) is 8.93. The molecule has 0 bridgehead atoms. The maximum atomic E-state index is 13.1. The van der Waals surface area contributed by atoms with Crippen molar-refractivity contribution in [3.8, 4) is 5.75 Å². The van der Waals surface area contributed by atoms with Gasteiger partial charge in [-0.2, -0.15) is 0 Å². The van der Waals surface area contributed by atoms with Crippen LogP contribution in [0.15, 0.2) is 30.3 Å². The molecule has 1 rings (SSSR count). The summed E-state index contributed by atoms with van der Waals surface area (Å²) in [6.07, 6.45) is 1.93. The summed E-state index contributed by atoms with van der Waals surface area (Å²) in [5, 5.41) is 2.86. The lowest BCUT2D eigenvalue weighted by atomic mass is 10.1. The third kappa shape index (κ3) is 6.29.